The van der Waals surface area contributed by atoms with E-state index in [1.54, 1.807) is 11.5 Å². The summed E-state index contributed by atoms with van der Waals surface area (Å²) in [6, 6.07) is 4.26. The first-order valence-corrected chi connectivity index (χ1v) is 15.0. The van der Waals surface area contributed by atoms with Crippen molar-refractivity contribution < 1.29 is 24.4 Å². The highest BCUT2D eigenvalue weighted by Gasteiger charge is 2.53. The summed E-state index contributed by atoms with van der Waals surface area (Å²) < 4.78 is 1.14. The van der Waals surface area contributed by atoms with Gasteiger partial charge >= 0.3 is 5.97 Å². The fraction of sp³-hybridized carbons (Fsp3) is 0.182. The molecule has 10 nitrogen and oxygen atoms in total. The highest BCUT2D eigenvalue weighted by molar-refractivity contribution is 8.04. The molecule has 37 heavy (non-hydrogen) atoms. The zero-order valence-electron chi connectivity index (χ0n) is 18.4. The van der Waals surface area contributed by atoms with E-state index in [1.165, 1.54) is 39.4 Å². The fourth-order valence-corrected chi connectivity index (χ4v) is 8.98. The third-order valence-electron chi connectivity index (χ3n) is 5.48. The number of nitrogens with one attached hydrogen (secondary N) is 1. The van der Waals surface area contributed by atoms with Gasteiger partial charge in [0.15, 0.2) is 5.43 Å². The Balaban J connectivity index is 1.31. The molecule has 5 rings (SSSR count). The molecule has 0 aliphatic carbocycles. The smallest absolute Gasteiger partial charge is 0.352 e. The maximum absolute atomic E-state index is 12.8. The number of carbonyl (C=O) groups excluding carboxylic acids is 2. The number of rotatable bonds is 8. The first-order valence-electron chi connectivity index (χ1n) is 10.5. The molecule has 15 heteroatoms. The number of thiophene rings is 2. The van der Waals surface area contributed by atoms with Crippen LogP contribution in [0.15, 0.2) is 60.7 Å². The molecule has 0 spiro atoms. The molecule has 2 amide bonds. The van der Waals surface area contributed by atoms with E-state index >= 15 is 0 Å². The Morgan fingerprint density at radius 3 is 2.81 bits per heavy atom. The van der Waals surface area contributed by atoms with Gasteiger partial charge < -0.3 is 10.4 Å². The van der Waals surface area contributed by atoms with Crippen LogP contribution in [-0.2, 0) is 20.8 Å². The number of nitrogens with zero attached hydrogens (tertiary/aromatic N) is 2. The highest BCUT2D eigenvalue weighted by Crippen LogP contribution is 2.41. The summed E-state index contributed by atoms with van der Waals surface area (Å²) in [5, 5.41) is 28.1. The van der Waals surface area contributed by atoms with Gasteiger partial charge in [-0.2, -0.15) is 0 Å². The molecule has 0 saturated carbocycles. The predicted molar refractivity (Wildman–Crippen MR) is 145 cm³/mol. The Hall–Kier alpha value is -2.98. The second kappa shape index (κ2) is 10.4. The van der Waals surface area contributed by atoms with E-state index < -0.39 is 28.2 Å². The van der Waals surface area contributed by atoms with Crippen LogP contribution >= 0.6 is 57.5 Å². The van der Waals surface area contributed by atoms with Crippen molar-refractivity contribution >= 4 is 90.4 Å². The minimum atomic E-state index is -1.26. The summed E-state index contributed by atoms with van der Waals surface area (Å²) in [5.41, 5.74) is -0.172. The monoisotopic (exact) mass is 593 g/mol. The largest absolute Gasteiger partial charge is 0.477 e. The molecular weight excluding hydrogens is 579 g/mol. The van der Waals surface area contributed by atoms with Crippen molar-refractivity contribution in [3.8, 4) is 0 Å². The maximum atomic E-state index is 12.8. The second-order valence-corrected chi connectivity index (χ2v) is 13.1. The van der Waals surface area contributed by atoms with Crippen LogP contribution in [-0.4, -0.2) is 49.9 Å². The number of hydrogen-bond acceptors (Lipinski definition) is 11. The van der Waals surface area contributed by atoms with Crippen molar-refractivity contribution in [2.24, 2.45) is 0 Å². The van der Waals surface area contributed by atoms with Gasteiger partial charge in [-0.3, -0.25) is 29.4 Å². The number of amides is 2. The van der Waals surface area contributed by atoms with Crippen molar-refractivity contribution in [2.45, 2.75) is 22.0 Å². The van der Waals surface area contributed by atoms with Crippen molar-refractivity contribution in [1.82, 2.24) is 10.2 Å². The molecule has 0 bridgehead atoms. The lowest BCUT2D eigenvalue weighted by Crippen LogP contribution is -2.70. The van der Waals surface area contributed by atoms with E-state index in [0.29, 0.717) is 24.9 Å². The zero-order chi connectivity index (χ0) is 26.3. The molecule has 190 valence electrons. The first-order chi connectivity index (χ1) is 17.7. The third-order valence-corrected chi connectivity index (χ3v) is 10.9. The Kier molecular flexibility index (Phi) is 7.22. The van der Waals surface area contributed by atoms with Gasteiger partial charge in [0.25, 0.3) is 11.6 Å². The third kappa shape index (κ3) is 4.96. The molecule has 1 unspecified atom stereocenters. The first kappa shape index (κ1) is 25.7. The summed E-state index contributed by atoms with van der Waals surface area (Å²) in [7, 11) is 0. The number of carbonyl (C=O) groups is 3. The molecule has 3 aromatic rings. The van der Waals surface area contributed by atoms with Crippen molar-refractivity contribution in [3.05, 3.63) is 76.9 Å². The summed E-state index contributed by atoms with van der Waals surface area (Å²) >= 11 is 6.07. The van der Waals surface area contributed by atoms with Crippen molar-refractivity contribution in [2.75, 3.05) is 5.75 Å². The van der Waals surface area contributed by atoms with Gasteiger partial charge in [-0.25, -0.2) is 4.79 Å². The summed E-state index contributed by atoms with van der Waals surface area (Å²) in [5.74, 6) is -1.74. The Morgan fingerprint density at radius 2 is 2.11 bits per heavy atom. The normalized spacial score (nSPS) is 19.2. The van der Waals surface area contributed by atoms with Gasteiger partial charge in [0.2, 0.25) is 5.91 Å². The van der Waals surface area contributed by atoms with E-state index in [1.807, 2.05) is 17.5 Å². The fourth-order valence-electron chi connectivity index (χ4n) is 3.84. The van der Waals surface area contributed by atoms with Gasteiger partial charge in [-0.05, 0) is 28.5 Å². The topological polar surface area (TPSA) is 147 Å². The van der Waals surface area contributed by atoms with Crippen LogP contribution in [0.5, 0.6) is 0 Å². The maximum Gasteiger partial charge on any atom is 0.352 e. The minimum Gasteiger partial charge on any atom is -0.477 e. The second-order valence-electron chi connectivity index (χ2n) is 7.78. The average Bonchev–Trinajstić information content (AvgIpc) is 3.52. The number of β-lactam (4-membered cyclic amide) rings is 1. The lowest BCUT2D eigenvalue weighted by molar-refractivity contribution is -0.382. The number of carboxylic acid groups (broad SMARTS) is 1. The van der Waals surface area contributed by atoms with E-state index in [2.05, 4.69) is 5.32 Å². The number of allylic oxidation sites excluding steroid dienone is 1. The van der Waals surface area contributed by atoms with E-state index in [0.717, 1.165) is 39.3 Å². The lowest BCUT2D eigenvalue weighted by Gasteiger charge is -2.49. The van der Waals surface area contributed by atoms with Gasteiger partial charge in [0.1, 0.15) is 21.8 Å². The van der Waals surface area contributed by atoms with Gasteiger partial charge in [-0.15, -0.1) is 45.8 Å². The Morgan fingerprint density at radius 1 is 1.30 bits per heavy atom. The van der Waals surface area contributed by atoms with Crippen LogP contribution in [0.2, 0.25) is 0 Å². The molecule has 3 aromatic heterocycles. The van der Waals surface area contributed by atoms with Crippen LogP contribution in [0.1, 0.15) is 4.88 Å². The SMILES string of the molecule is O=C(Cc1cccs1)NC1C(=O)N2C(C(=O)O)=C(C=CSc3cc(=O)c4scc([N+](=O)[O-])c4s3)CS[C@@H]12. The molecule has 5 heterocycles. The van der Waals surface area contributed by atoms with Crippen LogP contribution in [0.3, 0.4) is 0 Å². The molecule has 1 fully saturated rings. The van der Waals surface area contributed by atoms with Crippen molar-refractivity contribution in [3.63, 3.8) is 0 Å². The summed E-state index contributed by atoms with van der Waals surface area (Å²) in [6.07, 6.45) is 1.72. The Bertz CT molecular complexity index is 1560. The standard InChI is InChI=1S/C22H15N3O7S5/c26-13-7-15(37-18-12(25(31)32)9-35-19(13)18)34-5-3-10-8-36-21-16(20(28)24(21)17(10)22(29)30)23-14(27)6-11-2-1-4-33-11/h1-5,7,9,16,21H,6,8H2,(H,23,27)(H,29,30)/t16?,21-/m0/s1. The minimum absolute atomic E-state index is 0.118. The molecular formula is C22H15N3O7S5. The number of hydrogen-bond donors (Lipinski definition) is 2. The van der Waals surface area contributed by atoms with Gasteiger partial charge in [-0.1, -0.05) is 17.8 Å². The zero-order valence-corrected chi connectivity index (χ0v) is 22.5. The molecule has 2 aliphatic rings. The molecule has 2 aliphatic heterocycles. The number of aliphatic carboxylic acids is 1. The van der Waals surface area contributed by atoms with Gasteiger partial charge in [0.05, 0.1) is 25.6 Å². The highest BCUT2D eigenvalue weighted by atomic mass is 32.2. The van der Waals surface area contributed by atoms with Gasteiger partial charge in [0, 0.05) is 16.7 Å². The molecule has 2 N–H and O–H groups in total. The summed E-state index contributed by atoms with van der Waals surface area (Å²) in [4.78, 5) is 62.3. The van der Waals surface area contributed by atoms with E-state index in [4.69, 9.17) is 0 Å². The van der Waals surface area contributed by atoms with E-state index in [9.17, 15) is 34.4 Å². The average molecular weight is 594 g/mol. The van der Waals surface area contributed by atoms with Crippen LogP contribution in [0.25, 0.3) is 9.40 Å². The number of fused-ring (bicyclic) bond motifs is 2. The molecule has 0 radical (unpaired) electrons. The van der Waals surface area contributed by atoms with Crippen LogP contribution in [0.4, 0.5) is 5.69 Å². The van der Waals surface area contributed by atoms with Crippen molar-refractivity contribution in [1.29, 1.82) is 0 Å². The quantitative estimate of drug-likeness (QED) is 0.172. The number of nitro groups is 1. The number of thioether (sulfide) groups is 2. The van der Waals surface area contributed by atoms with Crippen LogP contribution in [0, 0.1) is 10.1 Å². The number of carboxylic acids is 1. The Labute approximate surface area is 228 Å². The summed E-state index contributed by atoms with van der Waals surface area (Å²) in [6.45, 7) is 0. The van der Waals surface area contributed by atoms with E-state index in [-0.39, 0.29) is 29.1 Å². The molecule has 0 aromatic carbocycles. The van der Waals surface area contributed by atoms with Crippen LogP contribution < -0.4 is 10.7 Å². The molecule has 2 atom stereocenters. The predicted octanol–water partition coefficient (Wildman–Crippen LogP) is 3.88. The lowest BCUT2D eigenvalue weighted by atomic mass is 10.0. The molecule has 1 saturated heterocycles.